The molecule has 0 bridgehead atoms. The number of aliphatic hydroxyl groups is 1. The van der Waals surface area contributed by atoms with Gasteiger partial charge in [0.05, 0.1) is 28.9 Å². The number of phenols is 2. The molecule has 0 radical (unpaired) electrons. The maximum Gasteiger partial charge on any atom is 0.410 e. The molecule has 1 aliphatic rings. The highest BCUT2D eigenvalue weighted by atomic mass is 16.6. The minimum Gasteiger partial charge on any atom is -0.507 e. The molecular formula is C39H58N6O11. The normalized spacial score (nSPS) is 12.6. The number of benzene rings is 2. The second-order valence-corrected chi connectivity index (χ2v) is 16.1. The average Bonchev–Trinajstić information content (AvgIpc) is 3.06. The number of phenolic OH excluding ortho intramolecular Hbond substituents is 2. The van der Waals surface area contributed by atoms with Crippen LogP contribution in [0.1, 0.15) is 94.2 Å². The minimum atomic E-state index is -0.853. The van der Waals surface area contributed by atoms with Gasteiger partial charge in [-0.15, -0.1) is 0 Å². The molecule has 2 aromatic carbocycles. The van der Waals surface area contributed by atoms with Crippen molar-refractivity contribution in [3.8, 4) is 11.5 Å². The number of nitrogens with one attached hydrogen (secondary N) is 4. The lowest BCUT2D eigenvalue weighted by Crippen LogP contribution is -2.47. The summed E-state index contributed by atoms with van der Waals surface area (Å²) in [5.74, 6) is -2.28. The number of nitrogens with zero attached hydrogens (tertiary/aromatic N) is 2. The first-order valence-electron chi connectivity index (χ1n) is 18.6. The summed E-state index contributed by atoms with van der Waals surface area (Å²) in [5, 5.41) is 42.2. The van der Waals surface area contributed by atoms with Gasteiger partial charge >= 0.3 is 18.3 Å². The van der Waals surface area contributed by atoms with Gasteiger partial charge in [0, 0.05) is 70.3 Å². The Morgan fingerprint density at radius 2 is 1.00 bits per heavy atom. The highest BCUT2D eigenvalue weighted by Gasteiger charge is 2.38. The third-order valence-electron chi connectivity index (χ3n) is 7.87. The molecule has 0 saturated carbocycles. The third kappa shape index (κ3) is 13.2. The van der Waals surface area contributed by atoms with Gasteiger partial charge in [0.2, 0.25) is 11.6 Å². The Labute approximate surface area is 328 Å². The van der Waals surface area contributed by atoms with E-state index < -0.39 is 58.1 Å². The number of hydrogen-bond acceptors (Lipinski definition) is 14. The fraction of sp³-hybridized carbons (Fsp3) is 0.564. The molecule has 2 aromatic rings. The first-order valence-corrected chi connectivity index (χ1v) is 18.6. The SMILES string of the molecule is CC(C)(C)OC(=O)NCCN(CCN(CCNc1ccc(NCCNCCO)c2c1C(=O)c1c(O)ccc(O)c1C2=O)C(=O)OC(C)(C)C)C(=O)OC(C)(C)C. The zero-order valence-corrected chi connectivity index (χ0v) is 33.9. The Bertz CT molecular complexity index is 1740. The number of aliphatic hydroxyl groups excluding tert-OH is 1. The van der Waals surface area contributed by atoms with Gasteiger partial charge in [-0.3, -0.25) is 9.59 Å². The second kappa shape index (κ2) is 19.0. The average molecular weight is 787 g/mol. The van der Waals surface area contributed by atoms with E-state index >= 15 is 0 Å². The molecule has 0 aliphatic heterocycles. The highest BCUT2D eigenvalue weighted by molar-refractivity contribution is 6.33. The molecule has 17 nitrogen and oxygen atoms in total. The number of carbonyl (C=O) groups is 5. The van der Waals surface area contributed by atoms with Crippen molar-refractivity contribution in [1.29, 1.82) is 0 Å². The molecule has 0 fully saturated rings. The van der Waals surface area contributed by atoms with Crippen LogP contribution in [0.4, 0.5) is 25.8 Å². The monoisotopic (exact) mass is 786 g/mol. The summed E-state index contributed by atoms with van der Waals surface area (Å²) >= 11 is 0. The van der Waals surface area contributed by atoms with Crippen molar-refractivity contribution < 1.29 is 53.5 Å². The number of carbonyl (C=O) groups excluding carboxylic acids is 5. The van der Waals surface area contributed by atoms with Crippen LogP contribution in [0.5, 0.6) is 11.5 Å². The molecule has 56 heavy (non-hydrogen) atoms. The van der Waals surface area contributed by atoms with Crippen LogP contribution in [0.25, 0.3) is 0 Å². The number of amides is 3. The van der Waals surface area contributed by atoms with Gasteiger partial charge in [0.15, 0.2) is 0 Å². The number of ether oxygens (including phenoxy) is 3. The number of anilines is 2. The Morgan fingerprint density at radius 1 is 0.571 bits per heavy atom. The molecule has 0 saturated heterocycles. The number of aromatic hydroxyl groups is 2. The van der Waals surface area contributed by atoms with Crippen LogP contribution in [0, 0.1) is 0 Å². The maximum atomic E-state index is 14.0. The molecule has 7 N–H and O–H groups in total. The number of ketones is 2. The van der Waals surface area contributed by atoms with Gasteiger partial charge in [0.25, 0.3) is 0 Å². The largest absolute Gasteiger partial charge is 0.507 e. The second-order valence-electron chi connectivity index (χ2n) is 16.1. The van der Waals surface area contributed by atoms with Crippen LogP contribution in [-0.4, -0.2) is 137 Å². The van der Waals surface area contributed by atoms with Crippen molar-refractivity contribution in [2.45, 2.75) is 79.1 Å². The van der Waals surface area contributed by atoms with Crippen molar-refractivity contribution in [3.63, 3.8) is 0 Å². The Kier molecular flexibility index (Phi) is 15.3. The summed E-state index contributed by atoms with van der Waals surface area (Å²) in [6, 6.07) is 5.49. The van der Waals surface area contributed by atoms with Crippen LogP contribution in [0.3, 0.4) is 0 Å². The fourth-order valence-corrected chi connectivity index (χ4v) is 5.56. The van der Waals surface area contributed by atoms with Gasteiger partial charge < -0.3 is 60.6 Å². The maximum absolute atomic E-state index is 14.0. The van der Waals surface area contributed by atoms with Crippen molar-refractivity contribution in [2.24, 2.45) is 0 Å². The lowest BCUT2D eigenvalue weighted by molar-refractivity contribution is 0.0138. The number of rotatable bonds is 16. The van der Waals surface area contributed by atoms with E-state index in [-0.39, 0.29) is 73.8 Å². The number of alkyl carbamates (subject to hydrolysis) is 1. The van der Waals surface area contributed by atoms with Crippen LogP contribution in [0.2, 0.25) is 0 Å². The summed E-state index contributed by atoms with van der Waals surface area (Å²) in [4.78, 5) is 69.7. The van der Waals surface area contributed by atoms with Gasteiger partial charge in [-0.25, -0.2) is 14.4 Å². The molecular weight excluding hydrogens is 728 g/mol. The molecule has 0 spiro atoms. The molecule has 3 rings (SSSR count). The summed E-state index contributed by atoms with van der Waals surface area (Å²) in [5.41, 5.74) is -2.51. The van der Waals surface area contributed by atoms with E-state index in [0.717, 1.165) is 12.1 Å². The molecule has 0 atom stereocenters. The molecule has 0 heterocycles. The summed E-state index contributed by atoms with van der Waals surface area (Å²) in [6.07, 6.45) is -1.99. The highest BCUT2D eigenvalue weighted by Crippen LogP contribution is 2.42. The van der Waals surface area contributed by atoms with Crippen molar-refractivity contribution in [2.75, 3.05) is 76.1 Å². The molecule has 0 aromatic heterocycles. The van der Waals surface area contributed by atoms with Crippen LogP contribution >= 0.6 is 0 Å². The van der Waals surface area contributed by atoms with Crippen molar-refractivity contribution in [1.82, 2.24) is 20.4 Å². The van der Waals surface area contributed by atoms with Gasteiger partial charge in [-0.05, 0) is 86.6 Å². The molecule has 3 amide bonds. The number of hydrogen-bond donors (Lipinski definition) is 7. The molecule has 0 unspecified atom stereocenters. The van der Waals surface area contributed by atoms with E-state index in [0.29, 0.717) is 25.3 Å². The fourth-order valence-electron chi connectivity index (χ4n) is 5.56. The van der Waals surface area contributed by atoms with E-state index in [4.69, 9.17) is 19.3 Å². The van der Waals surface area contributed by atoms with E-state index in [1.54, 1.807) is 74.4 Å². The van der Waals surface area contributed by atoms with Gasteiger partial charge in [-0.2, -0.15) is 0 Å². The van der Waals surface area contributed by atoms with Crippen molar-refractivity contribution in [3.05, 3.63) is 46.5 Å². The summed E-state index contributed by atoms with van der Waals surface area (Å²) in [7, 11) is 0. The first kappa shape index (κ1) is 45.1. The van der Waals surface area contributed by atoms with Gasteiger partial charge in [-0.1, -0.05) is 0 Å². The van der Waals surface area contributed by atoms with Gasteiger partial charge in [0.1, 0.15) is 28.3 Å². The Balaban J connectivity index is 1.88. The summed E-state index contributed by atoms with van der Waals surface area (Å²) < 4.78 is 16.6. The minimum absolute atomic E-state index is 0.000374. The molecule has 17 heteroatoms. The summed E-state index contributed by atoms with van der Waals surface area (Å²) in [6.45, 7) is 16.7. The first-order chi connectivity index (χ1) is 26.0. The smallest absolute Gasteiger partial charge is 0.410 e. The topological polar surface area (TPSA) is 228 Å². The van der Waals surface area contributed by atoms with E-state index in [2.05, 4.69) is 21.3 Å². The van der Waals surface area contributed by atoms with Crippen LogP contribution in [-0.2, 0) is 14.2 Å². The zero-order valence-electron chi connectivity index (χ0n) is 33.9. The van der Waals surface area contributed by atoms with Crippen LogP contribution < -0.4 is 21.3 Å². The van der Waals surface area contributed by atoms with E-state index in [1.165, 1.54) is 9.80 Å². The molecule has 1 aliphatic carbocycles. The lowest BCUT2D eigenvalue weighted by Gasteiger charge is -2.31. The predicted molar refractivity (Wildman–Crippen MR) is 210 cm³/mol. The quantitative estimate of drug-likeness (QED) is 0.0611. The number of fused-ring (bicyclic) bond motifs is 2. The standard InChI is InChI=1S/C39H58N6O11/c1-37(2,3)54-34(51)43-17-20-45(36(53)56-39(7,8)9)22-21-44(35(52)55-38(4,5)6)19-16-42-25-11-10-24(41-15-14-40-18-23-46)28-29(25)33(50)31-27(48)13-12-26(47)30(31)32(28)49/h10-13,40-42,46-48H,14-23H2,1-9H3,(H,43,51). The van der Waals surface area contributed by atoms with E-state index in [9.17, 15) is 34.2 Å². The molecule has 310 valence electrons. The third-order valence-corrected chi connectivity index (χ3v) is 7.87. The Morgan fingerprint density at radius 3 is 1.43 bits per heavy atom. The van der Waals surface area contributed by atoms with E-state index in [1.807, 2.05) is 0 Å². The predicted octanol–water partition coefficient (Wildman–Crippen LogP) is 4.28. The van der Waals surface area contributed by atoms with Crippen LogP contribution in [0.15, 0.2) is 24.3 Å². The Hall–Kier alpha value is -5.29. The zero-order chi connectivity index (χ0) is 42.0. The van der Waals surface area contributed by atoms with Crippen molar-refractivity contribution >= 4 is 41.2 Å². The lowest BCUT2D eigenvalue weighted by atomic mass is 9.81.